The second kappa shape index (κ2) is 8.48. The number of nitrogens with one attached hydrogen (secondary N) is 1. The molecular formula is C16H18BrNO5S. The quantitative estimate of drug-likeness (QED) is 0.689. The maximum absolute atomic E-state index is 12.1. The van der Waals surface area contributed by atoms with Gasteiger partial charge in [0.1, 0.15) is 24.2 Å². The van der Waals surface area contributed by atoms with E-state index in [-0.39, 0.29) is 18.0 Å². The predicted molar refractivity (Wildman–Crippen MR) is 93.8 cm³/mol. The molecule has 0 radical (unpaired) electrons. The third-order valence-electron chi connectivity index (χ3n) is 3.13. The number of ether oxygens (including phenoxy) is 2. The summed E-state index contributed by atoms with van der Waals surface area (Å²) in [6.45, 7) is -0.177. The highest BCUT2D eigenvalue weighted by Gasteiger charge is 2.16. The van der Waals surface area contributed by atoms with Gasteiger partial charge in [0.25, 0.3) is 0 Å². The summed E-state index contributed by atoms with van der Waals surface area (Å²) in [5.74, 6) is 1.26. The molecular weight excluding hydrogens is 398 g/mol. The van der Waals surface area contributed by atoms with Crippen LogP contribution in [0.25, 0.3) is 0 Å². The number of hydrogen-bond donors (Lipinski definition) is 2. The van der Waals surface area contributed by atoms with Crippen molar-refractivity contribution in [2.45, 2.75) is 11.0 Å². The molecule has 0 aliphatic carbocycles. The molecule has 2 aromatic rings. The Morgan fingerprint density at radius 3 is 2.25 bits per heavy atom. The Morgan fingerprint density at radius 1 is 1.08 bits per heavy atom. The van der Waals surface area contributed by atoms with Gasteiger partial charge in [-0.3, -0.25) is 0 Å². The second-order valence-electron chi connectivity index (χ2n) is 4.95. The molecule has 0 heterocycles. The summed E-state index contributed by atoms with van der Waals surface area (Å²) in [6, 6.07) is 13.1. The number of halogens is 1. The Balaban J connectivity index is 1.83. The highest BCUT2D eigenvalue weighted by molar-refractivity contribution is 9.10. The fraction of sp³-hybridized carbons (Fsp3) is 0.250. The van der Waals surface area contributed by atoms with Crippen LogP contribution in [0.15, 0.2) is 57.9 Å². The van der Waals surface area contributed by atoms with Crippen LogP contribution in [0.5, 0.6) is 11.5 Å². The molecule has 0 aromatic heterocycles. The minimum absolute atomic E-state index is 0.0326. The molecule has 0 bridgehead atoms. The largest absolute Gasteiger partial charge is 0.497 e. The van der Waals surface area contributed by atoms with Crippen LogP contribution in [0.2, 0.25) is 0 Å². The van der Waals surface area contributed by atoms with Gasteiger partial charge in [-0.05, 0) is 48.5 Å². The van der Waals surface area contributed by atoms with E-state index < -0.39 is 16.1 Å². The summed E-state index contributed by atoms with van der Waals surface area (Å²) < 4.78 is 37.8. The highest BCUT2D eigenvalue weighted by Crippen LogP contribution is 2.17. The van der Waals surface area contributed by atoms with Gasteiger partial charge in [0.15, 0.2) is 0 Å². The Morgan fingerprint density at radius 2 is 1.67 bits per heavy atom. The van der Waals surface area contributed by atoms with Crippen molar-refractivity contribution in [1.82, 2.24) is 4.72 Å². The van der Waals surface area contributed by atoms with E-state index in [9.17, 15) is 13.5 Å². The van der Waals surface area contributed by atoms with Gasteiger partial charge in [-0.2, -0.15) is 0 Å². The third-order valence-corrected chi connectivity index (χ3v) is 5.10. The first kappa shape index (κ1) is 18.7. The van der Waals surface area contributed by atoms with Crippen molar-refractivity contribution in [3.05, 3.63) is 53.0 Å². The standard InChI is InChI=1S/C16H18BrNO5S/c1-22-14-4-6-15(7-5-14)23-11-13(19)10-18-24(20,21)16-8-2-12(17)3-9-16/h2-9,13,18-19H,10-11H2,1H3/t13-/m0/s1. The number of benzene rings is 2. The first-order valence-corrected chi connectivity index (χ1v) is 9.38. The Labute approximate surface area is 149 Å². The van der Waals surface area contributed by atoms with Crippen LogP contribution in [-0.2, 0) is 10.0 Å². The number of sulfonamides is 1. The van der Waals surface area contributed by atoms with Crippen molar-refractivity contribution < 1.29 is 23.0 Å². The topological polar surface area (TPSA) is 84.9 Å². The van der Waals surface area contributed by atoms with E-state index >= 15 is 0 Å². The molecule has 0 aliphatic heterocycles. The van der Waals surface area contributed by atoms with Gasteiger partial charge >= 0.3 is 0 Å². The molecule has 24 heavy (non-hydrogen) atoms. The van der Waals surface area contributed by atoms with Crippen LogP contribution in [0.1, 0.15) is 0 Å². The molecule has 130 valence electrons. The molecule has 0 saturated heterocycles. The Hall–Kier alpha value is -1.61. The molecule has 6 nitrogen and oxygen atoms in total. The van der Waals surface area contributed by atoms with E-state index in [0.717, 1.165) is 4.47 Å². The summed E-state index contributed by atoms with van der Waals surface area (Å²) in [6.07, 6.45) is -0.975. The molecule has 0 saturated carbocycles. The fourth-order valence-electron chi connectivity index (χ4n) is 1.83. The van der Waals surface area contributed by atoms with Crippen molar-refractivity contribution in [3.63, 3.8) is 0 Å². The summed E-state index contributed by atoms with van der Waals surface area (Å²) >= 11 is 3.25. The van der Waals surface area contributed by atoms with E-state index in [1.54, 1.807) is 43.5 Å². The fourth-order valence-corrected chi connectivity index (χ4v) is 3.16. The lowest BCUT2D eigenvalue weighted by Crippen LogP contribution is -2.35. The summed E-state index contributed by atoms with van der Waals surface area (Å²) in [5, 5.41) is 9.88. The third kappa shape index (κ3) is 5.48. The molecule has 0 fully saturated rings. The molecule has 0 unspecified atom stereocenters. The van der Waals surface area contributed by atoms with Crippen LogP contribution >= 0.6 is 15.9 Å². The maximum atomic E-state index is 12.1. The van der Waals surface area contributed by atoms with Crippen LogP contribution < -0.4 is 14.2 Å². The van der Waals surface area contributed by atoms with Crippen molar-refractivity contribution in [1.29, 1.82) is 0 Å². The number of aliphatic hydroxyl groups is 1. The second-order valence-corrected chi connectivity index (χ2v) is 7.63. The van der Waals surface area contributed by atoms with Crippen LogP contribution in [0.3, 0.4) is 0 Å². The van der Waals surface area contributed by atoms with Gasteiger partial charge in [0.2, 0.25) is 10.0 Å². The van der Waals surface area contributed by atoms with Crippen molar-refractivity contribution in [3.8, 4) is 11.5 Å². The molecule has 0 amide bonds. The van der Waals surface area contributed by atoms with Gasteiger partial charge in [0, 0.05) is 11.0 Å². The minimum atomic E-state index is -3.67. The van der Waals surface area contributed by atoms with Gasteiger partial charge < -0.3 is 14.6 Å². The molecule has 8 heteroatoms. The normalized spacial score (nSPS) is 12.6. The van der Waals surface area contributed by atoms with Gasteiger partial charge in [-0.1, -0.05) is 15.9 Å². The molecule has 2 rings (SSSR count). The average molecular weight is 416 g/mol. The SMILES string of the molecule is COc1ccc(OC[C@@H](O)CNS(=O)(=O)c2ccc(Br)cc2)cc1. The van der Waals surface area contributed by atoms with E-state index in [1.165, 1.54) is 12.1 Å². The van der Waals surface area contributed by atoms with Gasteiger partial charge in [0.05, 0.1) is 12.0 Å². The van der Waals surface area contributed by atoms with Gasteiger partial charge in [-0.25, -0.2) is 13.1 Å². The molecule has 2 aromatic carbocycles. The first-order valence-electron chi connectivity index (χ1n) is 7.11. The maximum Gasteiger partial charge on any atom is 0.240 e. The lowest BCUT2D eigenvalue weighted by atomic mass is 10.3. The minimum Gasteiger partial charge on any atom is -0.497 e. The smallest absolute Gasteiger partial charge is 0.240 e. The zero-order valence-corrected chi connectivity index (χ0v) is 15.4. The Kier molecular flexibility index (Phi) is 6.61. The van der Waals surface area contributed by atoms with Crippen LogP contribution in [0.4, 0.5) is 0 Å². The number of aliphatic hydroxyl groups excluding tert-OH is 1. The number of methoxy groups -OCH3 is 1. The summed E-state index contributed by atoms with van der Waals surface area (Å²) in [5.41, 5.74) is 0. The first-order chi connectivity index (χ1) is 11.4. The van der Waals surface area contributed by atoms with E-state index in [1.807, 2.05) is 0 Å². The molecule has 0 spiro atoms. The van der Waals surface area contributed by atoms with Gasteiger partial charge in [-0.15, -0.1) is 0 Å². The highest BCUT2D eigenvalue weighted by atomic mass is 79.9. The lowest BCUT2D eigenvalue weighted by molar-refractivity contribution is 0.111. The van der Waals surface area contributed by atoms with E-state index in [0.29, 0.717) is 11.5 Å². The molecule has 0 aliphatic rings. The predicted octanol–water partition coefficient (Wildman–Crippen LogP) is 2.18. The summed E-state index contributed by atoms with van der Waals surface area (Å²) in [4.78, 5) is 0.133. The lowest BCUT2D eigenvalue weighted by Gasteiger charge is -2.14. The van der Waals surface area contributed by atoms with Crippen LogP contribution in [0, 0.1) is 0 Å². The summed E-state index contributed by atoms with van der Waals surface area (Å²) in [7, 11) is -2.10. The van der Waals surface area contributed by atoms with Crippen LogP contribution in [-0.4, -0.2) is 39.9 Å². The zero-order chi connectivity index (χ0) is 17.6. The van der Waals surface area contributed by atoms with Crippen molar-refractivity contribution in [2.75, 3.05) is 20.3 Å². The number of rotatable bonds is 8. The monoisotopic (exact) mass is 415 g/mol. The Bertz CT molecular complexity index is 747. The van der Waals surface area contributed by atoms with Crippen molar-refractivity contribution in [2.24, 2.45) is 0 Å². The van der Waals surface area contributed by atoms with E-state index in [4.69, 9.17) is 9.47 Å². The van der Waals surface area contributed by atoms with Crippen molar-refractivity contribution >= 4 is 26.0 Å². The molecule has 2 N–H and O–H groups in total. The number of hydrogen-bond acceptors (Lipinski definition) is 5. The average Bonchev–Trinajstić information content (AvgIpc) is 2.59. The van der Waals surface area contributed by atoms with E-state index in [2.05, 4.69) is 20.7 Å². The zero-order valence-electron chi connectivity index (χ0n) is 13.0. The molecule has 1 atom stereocenters.